The van der Waals surface area contributed by atoms with Gasteiger partial charge in [0.05, 0.1) is 0 Å². The van der Waals surface area contributed by atoms with Crippen LogP contribution >= 0.6 is 0 Å². The second kappa shape index (κ2) is 16.2. The van der Waals surface area contributed by atoms with Crippen LogP contribution in [0.1, 0.15) is 93.2 Å². The molecule has 1 saturated carbocycles. The van der Waals surface area contributed by atoms with Crippen molar-refractivity contribution in [3.05, 3.63) is 155 Å². The van der Waals surface area contributed by atoms with Gasteiger partial charge in [0, 0.05) is 5.41 Å². The van der Waals surface area contributed by atoms with Crippen molar-refractivity contribution >= 4 is 3.81 Å². The van der Waals surface area contributed by atoms with Crippen molar-refractivity contribution in [1.82, 2.24) is 0 Å². The Morgan fingerprint density at radius 2 is 1.25 bits per heavy atom. The molecule has 4 aromatic rings. The minimum absolute atomic E-state index is 0. The Hall–Kier alpha value is -2.48. The molecule has 0 nitrogen and oxygen atoms in total. The van der Waals surface area contributed by atoms with E-state index in [-0.39, 0.29) is 35.6 Å². The van der Waals surface area contributed by atoms with Crippen LogP contribution in [0.15, 0.2) is 109 Å². The van der Waals surface area contributed by atoms with Gasteiger partial charge >= 0.3 is 49.5 Å². The zero-order chi connectivity index (χ0) is 29.6. The molecule has 1 fully saturated rings. The van der Waals surface area contributed by atoms with Crippen LogP contribution in [0.5, 0.6) is 0 Å². The third-order valence-corrected chi connectivity index (χ3v) is 9.75. The van der Waals surface area contributed by atoms with Crippen molar-refractivity contribution in [3.63, 3.8) is 0 Å². The molecule has 0 spiro atoms. The number of hydrogen-bond acceptors (Lipinski definition) is 0. The van der Waals surface area contributed by atoms with Crippen LogP contribution in [0.25, 0.3) is 11.1 Å². The fourth-order valence-corrected chi connectivity index (χ4v) is 6.60. The van der Waals surface area contributed by atoms with Gasteiger partial charge < -0.3 is 24.8 Å². The molecule has 0 saturated heterocycles. The topological polar surface area (TPSA) is 0 Å². The van der Waals surface area contributed by atoms with E-state index in [0.29, 0.717) is 0 Å². The Morgan fingerprint density at radius 3 is 1.75 bits per heavy atom. The van der Waals surface area contributed by atoms with E-state index in [0.717, 1.165) is 12.8 Å². The van der Waals surface area contributed by atoms with Crippen LogP contribution in [-0.2, 0) is 37.2 Å². The fraction of sp³-hybridized carbons (Fsp3) is 0.293. The Kier molecular flexibility index (Phi) is 13.2. The Bertz CT molecular complexity index is 1460. The zero-order valence-electron chi connectivity index (χ0n) is 26.4. The molecule has 0 heterocycles. The van der Waals surface area contributed by atoms with Gasteiger partial charge in [-0.05, 0) is 34.1 Å². The first-order valence-electron chi connectivity index (χ1n) is 15.4. The Balaban J connectivity index is 0.000000343. The number of fused-ring (bicyclic) bond motifs is 3. The van der Waals surface area contributed by atoms with E-state index in [2.05, 4.69) is 157 Å². The van der Waals surface area contributed by atoms with Gasteiger partial charge in [0.1, 0.15) is 0 Å². The van der Waals surface area contributed by atoms with Gasteiger partial charge in [0.25, 0.3) is 0 Å². The summed E-state index contributed by atoms with van der Waals surface area (Å²) in [6, 6.07) is 37.0. The molecular formula is C41H42Cl2Ti-2. The van der Waals surface area contributed by atoms with Gasteiger partial charge in [0.2, 0.25) is 0 Å². The molecular weight excluding hydrogens is 611 g/mol. The summed E-state index contributed by atoms with van der Waals surface area (Å²) in [6.45, 7) is 9.23. The number of halogens is 2. The Labute approximate surface area is 289 Å². The Morgan fingerprint density at radius 1 is 0.659 bits per heavy atom. The molecule has 226 valence electrons. The van der Waals surface area contributed by atoms with Crippen LogP contribution in [0, 0.1) is 12.1 Å². The predicted octanol–water partition coefficient (Wildman–Crippen LogP) is 4.30. The van der Waals surface area contributed by atoms with Crippen LogP contribution in [0.2, 0.25) is 0 Å². The van der Waals surface area contributed by atoms with Crippen molar-refractivity contribution < 1.29 is 44.8 Å². The first kappa shape index (κ1) is 36.0. The number of allylic oxidation sites excluding steroid dienone is 4. The van der Waals surface area contributed by atoms with E-state index >= 15 is 0 Å². The van der Waals surface area contributed by atoms with E-state index < -0.39 is 0 Å². The molecule has 0 amide bonds. The van der Waals surface area contributed by atoms with Crippen LogP contribution < -0.4 is 24.8 Å². The second-order valence-electron chi connectivity index (χ2n) is 12.6. The average Bonchev–Trinajstić information content (AvgIpc) is 3.81. The van der Waals surface area contributed by atoms with Gasteiger partial charge in [-0.15, -0.1) is 17.5 Å². The van der Waals surface area contributed by atoms with Crippen molar-refractivity contribution in [3.8, 4) is 11.1 Å². The molecule has 0 bridgehead atoms. The normalized spacial score (nSPS) is 14.3. The molecule has 3 aliphatic carbocycles. The molecule has 0 radical (unpaired) electrons. The summed E-state index contributed by atoms with van der Waals surface area (Å²) in [7, 11) is 0. The van der Waals surface area contributed by atoms with E-state index in [1.165, 1.54) is 70.2 Å². The van der Waals surface area contributed by atoms with Gasteiger partial charge in [-0.1, -0.05) is 112 Å². The third kappa shape index (κ3) is 8.41. The third-order valence-electron chi connectivity index (χ3n) is 8.97. The molecule has 3 heteroatoms. The van der Waals surface area contributed by atoms with E-state index in [4.69, 9.17) is 0 Å². The summed E-state index contributed by atoms with van der Waals surface area (Å²) in [5.41, 5.74) is 10.7. The van der Waals surface area contributed by atoms with Gasteiger partial charge in [-0.3, -0.25) is 6.08 Å². The molecule has 44 heavy (non-hydrogen) atoms. The average molecular weight is 654 g/mol. The van der Waals surface area contributed by atoms with Gasteiger partial charge in [-0.2, -0.15) is 29.8 Å². The van der Waals surface area contributed by atoms with Crippen LogP contribution in [0.3, 0.4) is 0 Å². The van der Waals surface area contributed by atoms with Crippen molar-refractivity contribution in [2.75, 3.05) is 0 Å². The molecule has 0 aliphatic heterocycles. The SMILES string of the molecule is CC(C)(c1[c-]c2c(cc1)-c1ccc(C(C)(C)c3ccccc3)cc1C2)c1ccccc1.[C-]1=CC=CC1.[Cl-].[Cl-].[Ti+2]=[C]1CCCC1. The number of hydrogen-bond donors (Lipinski definition) is 0. The summed E-state index contributed by atoms with van der Waals surface area (Å²) in [5.74, 6) is 0. The quantitative estimate of drug-likeness (QED) is 0.201. The summed E-state index contributed by atoms with van der Waals surface area (Å²) in [4.78, 5) is 0. The van der Waals surface area contributed by atoms with Crippen LogP contribution in [0.4, 0.5) is 0 Å². The zero-order valence-corrected chi connectivity index (χ0v) is 29.5. The molecule has 0 N–H and O–H groups in total. The van der Waals surface area contributed by atoms with E-state index in [1.807, 2.05) is 12.2 Å². The maximum absolute atomic E-state index is 3.80. The monoisotopic (exact) mass is 652 g/mol. The number of rotatable bonds is 4. The summed E-state index contributed by atoms with van der Waals surface area (Å²) in [6.07, 6.45) is 16.7. The van der Waals surface area contributed by atoms with Gasteiger partial charge in [-0.25, -0.2) is 12.2 Å². The summed E-state index contributed by atoms with van der Waals surface area (Å²) in [5, 5.41) is 0. The minimum atomic E-state index is -0.0640. The fourth-order valence-electron chi connectivity index (χ4n) is 6.05. The van der Waals surface area contributed by atoms with Crippen molar-refractivity contribution in [1.29, 1.82) is 0 Å². The van der Waals surface area contributed by atoms with Gasteiger partial charge in [0.15, 0.2) is 0 Å². The van der Waals surface area contributed by atoms with Crippen LogP contribution in [-0.4, -0.2) is 3.81 Å². The molecule has 3 aliphatic rings. The molecule has 0 aromatic heterocycles. The molecule has 0 atom stereocenters. The summed E-state index contributed by atoms with van der Waals surface area (Å²) < 4.78 is 1.70. The van der Waals surface area contributed by atoms with E-state index in [1.54, 1.807) is 3.81 Å². The van der Waals surface area contributed by atoms with Crippen molar-refractivity contribution in [2.24, 2.45) is 0 Å². The van der Waals surface area contributed by atoms with Crippen molar-refractivity contribution in [2.45, 2.75) is 77.0 Å². The molecule has 4 aromatic carbocycles. The first-order valence-corrected chi connectivity index (χ1v) is 16.1. The summed E-state index contributed by atoms with van der Waals surface area (Å²) >= 11 is 2.26. The second-order valence-corrected chi connectivity index (χ2v) is 13.7. The van der Waals surface area contributed by atoms with E-state index in [9.17, 15) is 0 Å². The molecule has 7 rings (SSSR count). The first-order chi connectivity index (χ1) is 20.3. The maximum atomic E-state index is 3.80. The standard InChI is InChI=1S/C31H29.C5H8.C5H5.2ClH.Ti/c1-30(2,24-11-7-5-8-12-24)26-15-17-28-22(20-26)19-23-21-27(16-18-29(23)28)31(3,4)25-13-9-6-10-14-25;2*1-2-4-5-3-1;;;/h5-18,20H,19H2,1-4H3;1-4H2;1-3H,4H2;2*1H;/q-1;;-1;;;+2/p-2. The molecule has 0 unspecified atom stereocenters. The number of benzene rings is 4. The predicted molar refractivity (Wildman–Crippen MR) is 176 cm³/mol.